The van der Waals surface area contributed by atoms with Gasteiger partial charge in [0.05, 0.1) is 5.02 Å². The van der Waals surface area contributed by atoms with Crippen LogP contribution in [0.2, 0.25) is 5.02 Å². The average molecular weight is 388 g/mol. The Hall–Kier alpha value is -2.32. The summed E-state index contributed by atoms with van der Waals surface area (Å²) in [5.74, 6) is -3.45. The van der Waals surface area contributed by atoms with Crippen molar-refractivity contribution in [2.75, 3.05) is 5.73 Å². The highest BCUT2D eigenvalue weighted by molar-refractivity contribution is 9.10. The number of hydrogen-bond donors (Lipinski definition) is 4. The summed E-state index contributed by atoms with van der Waals surface area (Å²) in [5, 5.41) is 18.9. The van der Waals surface area contributed by atoms with Gasteiger partial charge in [0.25, 0.3) is 5.56 Å². The van der Waals surface area contributed by atoms with Crippen LogP contribution in [0.15, 0.2) is 27.5 Å². The number of anilines is 1. The largest absolute Gasteiger partial charge is 0.478 e. The molecule has 0 saturated heterocycles. The minimum atomic E-state index is -1.56. The molecule has 0 aliphatic carbocycles. The van der Waals surface area contributed by atoms with Crippen molar-refractivity contribution in [3.8, 4) is 11.1 Å². The van der Waals surface area contributed by atoms with Gasteiger partial charge in [-0.1, -0.05) is 17.7 Å². The minimum Gasteiger partial charge on any atom is -0.478 e. The Morgan fingerprint density at radius 3 is 2.27 bits per heavy atom. The number of aromatic carboxylic acids is 2. The van der Waals surface area contributed by atoms with E-state index in [1.54, 1.807) is 0 Å². The van der Waals surface area contributed by atoms with Gasteiger partial charge >= 0.3 is 11.9 Å². The molecule has 1 aromatic heterocycles. The van der Waals surface area contributed by atoms with E-state index in [0.717, 1.165) is 0 Å². The third kappa shape index (κ3) is 2.70. The zero-order valence-corrected chi connectivity index (χ0v) is 13.0. The van der Waals surface area contributed by atoms with Gasteiger partial charge < -0.3 is 20.9 Å². The molecule has 0 amide bonds. The van der Waals surface area contributed by atoms with Gasteiger partial charge in [0.2, 0.25) is 0 Å². The zero-order chi connectivity index (χ0) is 16.6. The molecule has 7 nitrogen and oxygen atoms in total. The van der Waals surface area contributed by atoms with E-state index in [-0.39, 0.29) is 11.1 Å². The molecule has 5 N–H and O–H groups in total. The van der Waals surface area contributed by atoms with Crippen LogP contribution in [0.25, 0.3) is 11.1 Å². The molecule has 0 radical (unpaired) electrons. The lowest BCUT2D eigenvalue weighted by molar-refractivity contribution is 0.0695. The van der Waals surface area contributed by atoms with Crippen molar-refractivity contribution in [1.29, 1.82) is 0 Å². The highest BCUT2D eigenvalue weighted by Crippen LogP contribution is 2.33. The summed E-state index contributed by atoms with van der Waals surface area (Å²) >= 11 is 9.02. The molecule has 0 saturated carbocycles. The van der Waals surface area contributed by atoms with Gasteiger partial charge in [0, 0.05) is 10.0 Å². The summed E-state index contributed by atoms with van der Waals surface area (Å²) in [6.45, 7) is 0. The van der Waals surface area contributed by atoms with E-state index in [0.29, 0.717) is 9.50 Å². The number of aromatic nitrogens is 1. The van der Waals surface area contributed by atoms with Gasteiger partial charge in [-0.25, -0.2) is 9.59 Å². The molecule has 0 spiro atoms. The topological polar surface area (TPSA) is 133 Å². The number of nitrogens with one attached hydrogen (secondary N) is 1. The van der Waals surface area contributed by atoms with Crippen LogP contribution in [0.1, 0.15) is 20.7 Å². The number of nitrogens with two attached hydrogens (primary N) is 1. The number of hydrogen-bond acceptors (Lipinski definition) is 4. The molecular formula is C13H8BrClN2O5. The molecule has 2 rings (SSSR count). The first kappa shape index (κ1) is 16.1. The van der Waals surface area contributed by atoms with Crippen LogP contribution in [0.3, 0.4) is 0 Å². The molecule has 9 heteroatoms. The predicted molar refractivity (Wildman–Crippen MR) is 83.5 cm³/mol. The van der Waals surface area contributed by atoms with E-state index in [1.165, 1.54) is 18.2 Å². The number of carboxylic acid groups (broad SMARTS) is 2. The van der Waals surface area contributed by atoms with Crippen molar-refractivity contribution in [3.63, 3.8) is 0 Å². The number of rotatable bonds is 3. The lowest BCUT2D eigenvalue weighted by Crippen LogP contribution is -2.24. The number of halogens is 2. The van der Waals surface area contributed by atoms with E-state index in [1.807, 2.05) is 4.98 Å². The summed E-state index contributed by atoms with van der Waals surface area (Å²) in [4.78, 5) is 36.7. The summed E-state index contributed by atoms with van der Waals surface area (Å²) < 4.78 is 0.415. The van der Waals surface area contributed by atoms with Crippen molar-refractivity contribution < 1.29 is 19.8 Å². The first-order valence-corrected chi connectivity index (χ1v) is 6.89. The number of aromatic amines is 1. The minimum absolute atomic E-state index is 0.184. The normalized spacial score (nSPS) is 10.5. The fourth-order valence-electron chi connectivity index (χ4n) is 1.99. The SMILES string of the molecule is Nc1[nH]c(=O)c(C(=O)O)c(-c2ccc(Cl)c(Br)c2)c1C(=O)O. The van der Waals surface area contributed by atoms with Gasteiger partial charge in [-0.2, -0.15) is 0 Å². The van der Waals surface area contributed by atoms with Crippen molar-refractivity contribution in [2.45, 2.75) is 0 Å². The zero-order valence-electron chi connectivity index (χ0n) is 10.7. The second-order valence-electron chi connectivity index (χ2n) is 4.23. The molecule has 0 aliphatic rings. The summed E-state index contributed by atoms with van der Waals surface area (Å²) in [7, 11) is 0. The van der Waals surface area contributed by atoms with Crippen LogP contribution in [-0.2, 0) is 0 Å². The quantitative estimate of drug-likeness (QED) is 0.639. The second kappa shape index (κ2) is 5.82. The molecule has 0 fully saturated rings. The van der Waals surface area contributed by atoms with E-state index >= 15 is 0 Å². The molecular weight excluding hydrogens is 380 g/mol. The standard InChI is InChI=1S/C13H8BrClN2O5/c14-5-3-4(1-2-6(5)15)7-8(12(19)20)10(16)17-11(18)9(7)13(21)22/h1-3H,(H,19,20)(H,21,22)(H3,16,17,18). The molecule has 114 valence electrons. The van der Waals surface area contributed by atoms with Crippen molar-refractivity contribution in [2.24, 2.45) is 0 Å². The fourth-order valence-corrected chi connectivity index (χ4v) is 2.48. The first-order chi connectivity index (χ1) is 10.2. The van der Waals surface area contributed by atoms with Crippen molar-refractivity contribution >= 4 is 45.3 Å². The maximum atomic E-state index is 11.9. The molecule has 0 unspecified atom stereocenters. The third-order valence-electron chi connectivity index (χ3n) is 2.88. The molecule has 22 heavy (non-hydrogen) atoms. The molecule has 2 aromatic rings. The van der Waals surface area contributed by atoms with Gasteiger partial charge in [-0.3, -0.25) is 4.79 Å². The van der Waals surface area contributed by atoms with Crippen LogP contribution < -0.4 is 11.3 Å². The van der Waals surface area contributed by atoms with Crippen molar-refractivity contribution in [1.82, 2.24) is 4.98 Å². The second-order valence-corrected chi connectivity index (χ2v) is 5.49. The predicted octanol–water partition coefficient (Wildman–Crippen LogP) is 2.44. The van der Waals surface area contributed by atoms with Crippen LogP contribution in [-0.4, -0.2) is 27.1 Å². The Kier molecular flexibility index (Phi) is 4.25. The lowest BCUT2D eigenvalue weighted by atomic mass is 9.95. The maximum absolute atomic E-state index is 11.9. The highest BCUT2D eigenvalue weighted by atomic mass is 79.9. The molecule has 0 aliphatic heterocycles. The van der Waals surface area contributed by atoms with Crippen LogP contribution >= 0.6 is 27.5 Å². The molecule has 1 heterocycles. The number of nitrogen functional groups attached to an aromatic ring is 1. The Balaban J connectivity index is 2.98. The Morgan fingerprint density at radius 1 is 1.18 bits per heavy atom. The number of pyridine rings is 1. The highest BCUT2D eigenvalue weighted by Gasteiger charge is 2.26. The van der Waals surface area contributed by atoms with E-state index < -0.39 is 34.4 Å². The monoisotopic (exact) mass is 386 g/mol. The van der Waals surface area contributed by atoms with Gasteiger partial charge in [-0.15, -0.1) is 0 Å². The Labute approximate surface area is 136 Å². The Bertz CT molecular complexity index is 862. The van der Waals surface area contributed by atoms with Crippen LogP contribution in [0.5, 0.6) is 0 Å². The summed E-state index contributed by atoms with van der Waals surface area (Å²) in [6, 6.07) is 4.26. The fraction of sp³-hybridized carbons (Fsp3) is 0. The van der Waals surface area contributed by atoms with E-state index in [9.17, 15) is 24.6 Å². The smallest absolute Gasteiger partial charge is 0.342 e. The average Bonchev–Trinajstić information content (AvgIpc) is 2.39. The van der Waals surface area contributed by atoms with E-state index in [2.05, 4.69) is 15.9 Å². The van der Waals surface area contributed by atoms with Gasteiger partial charge in [0.1, 0.15) is 16.9 Å². The number of H-pyrrole nitrogens is 1. The maximum Gasteiger partial charge on any atom is 0.342 e. The van der Waals surface area contributed by atoms with Crippen molar-refractivity contribution in [3.05, 3.63) is 49.2 Å². The van der Waals surface area contributed by atoms with E-state index in [4.69, 9.17) is 17.3 Å². The lowest BCUT2D eigenvalue weighted by Gasteiger charge is -2.12. The van der Waals surface area contributed by atoms with Crippen LogP contribution in [0, 0.1) is 0 Å². The summed E-state index contributed by atoms with van der Waals surface area (Å²) in [6.07, 6.45) is 0. The number of carboxylic acids is 2. The first-order valence-electron chi connectivity index (χ1n) is 5.71. The Morgan fingerprint density at radius 2 is 1.77 bits per heavy atom. The number of carbonyl (C=O) groups is 2. The van der Waals surface area contributed by atoms with Gasteiger partial charge in [0.15, 0.2) is 0 Å². The third-order valence-corrected chi connectivity index (χ3v) is 4.09. The summed E-state index contributed by atoms with van der Waals surface area (Å²) in [5.41, 5.74) is 3.24. The van der Waals surface area contributed by atoms with Gasteiger partial charge in [-0.05, 0) is 33.6 Å². The molecule has 0 atom stereocenters. The number of benzene rings is 1. The molecule has 0 bridgehead atoms. The van der Waals surface area contributed by atoms with Crippen LogP contribution in [0.4, 0.5) is 5.82 Å². The molecule has 1 aromatic carbocycles.